The Balaban J connectivity index is 2.12. The predicted molar refractivity (Wildman–Crippen MR) is 82.1 cm³/mol. The molecule has 1 aliphatic carbocycles. The molecule has 0 amide bonds. The van der Waals surface area contributed by atoms with Gasteiger partial charge in [0.25, 0.3) is 0 Å². The van der Waals surface area contributed by atoms with Gasteiger partial charge in [0.2, 0.25) is 0 Å². The summed E-state index contributed by atoms with van der Waals surface area (Å²) in [7, 11) is 0. The highest BCUT2D eigenvalue weighted by molar-refractivity contribution is 5.72. The molecule has 1 fully saturated rings. The van der Waals surface area contributed by atoms with Crippen LogP contribution in [0.1, 0.15) is 52.4 Å². The molecule has 5 heteroatoms. The van der Waals surface area contributed by atoms with Crippen molar-refractivity contribution in [1.82, 2.24) is 5.32 Å². The number of carbonyl (C=O) groups excluding carboxylic acids is 1. The molecule has 0 aromatic carbocycles. The first-order valence-corrected chi connectivity index (χ1v) is 8.29. The fourth-order valence-corrected chi connectivity index (χ4v) is 2.69. The minimum Gasteiger partial charge on any atom is -0.466 e. The van der Waals surface area contributed by atoms with Crippen molar-refractivity contribution in [2.75, 3.05) is 32.9 Å². The Bertz CT molecular complexity index is 288. The molecule has 0 aliphatic heterocycles. The van der Waals surface area contributed by atoms with Gasteiger partial charge in [-0.2, -0.15) is 0 Å². The third kappa shape index (κ3) is 7.25. The number of hydrogen-bond acceptors (Lipinski definition) is 5. The first kappa shape index (κ1) is 18.4. The third-order valence-corrected chi connectivity index (χ3v) is 3.98. The lowest BCUT2D eigenvalue weighted by atomic mass is 9.79. The summed E-state index contributed by atoms with van der Waals surface area (Å²) in [5.74, 6) is -0.145. The van der Waals surface area contributed by atoms with Crippen molar-refractivity contribution in [2.45, 2.75) is 58.0 Å². The second kappa shape index (κ2) is 10.1. The van der Waals surface area contributed by atoms with Gasteiger partial charge in [0.15, 0.2) is 0 Å². The highest BCUT2D eigenvalue weighted by atomic mass is 16.5. The molecule has 0 bridgehead atoms. The first-order chi connectivity index (χ1) is 10.1. The minimum absolute atomic E-state index is 0.0346. The number of aliphatic hydroxyl groups is 1. The van der Waals surface area contributed by atoms with E-state index in [0.717, 1.165) is 45.4 Å². The Labute approximate surface area is 128 Å². The van der Waals surface area contributed by atoms with E-state index in [9.17, 15) is 9.90 Å². The summed E-state index contributed by atoms with van der Waals surface area (Å²) in [6.45, 7) is 7.39. The Morgan fingerprint density at radius 1 is 1.29 bits per heavy atom. The summed E-state index contributed by atoms with van der Waals surface area (Å²) in [5, 5.41) is 13.8. The average Bonchev–Trinajstić information content (AvgIpc) is 2.47. The fourth-order valence-electron chi connectivity index (χ4n) is 2.69. The van der Waals surface area contributed by atoms with Crippen molar-refractivity contribution < 1.29 is 19.4 Å². The standard InChI is InChI=1S/C16H31NO4/c1-3-11-20-12-5-10-17-13-16(19)8-6-14(7-9-16)15(18)21-4-2/h14,17,19H,3-13H2,1-2H3. The highest BCUT2D eigenvalue weighted by Gasteiger charge is 2.35. The van der Waals surface area contributed by atoms with Crippen LogP contribution in [-0.4, -0.2) is 49.6 Å². The molecule has 0 aromatic heterocycles. The van der Waals surface area contributed by atoms with Crippen molar-refractivity contribution in [3.05, 3.63) is 0 Å². The largest absolute Gasteiger partial charge is 0.466 e. The molecule has 1 saturated carbocycles. The number of esters is 1. The molecule has 0 spiro atoms. The van der Waals surface area contributed by atoms with Crippen LogP contribution in [0.2, 0.25) is 0 Å². The van der Waals surface area contributed by atoms with E-state index in [-0.39, 0.29) is 11.9 Å². The van der Waals surface area contributed by atoms with Crippen molar-refractivity contribution in [3.63, 3.8) is 0 Å². The molecule has 0 aromatic rings. The monoisotopic (exact) mass is 301 g/mol. The Morgan fingerprint density at radius 2 is 2.00 bits per heavy atom. The molecule has 0 atom stereocenters. The SMILES string of the molecule is CCCOCCCNCC1(O)CCC(C(=O)OCC)CC1. The van der Waals surface area contributed by atoms with E-state index in [1.165, 1.54) is 0 Å². The van der Waals surface area contributed by atoms with E-state index in [2.05, 4.69) is 12.2 Å². The van der Waals surface area contributed by atoms with E-state index in [1.807, 2.05) is 6.92 Å². The second-order valence-corrected chi connectivity index (χ2v) is 5.89. The van der Waals surface area contributed by atoms with Crippen LogP contribution in [0.4, 0.5) is 0 Å². The second-order valence-electron chi connectivity index (χ2n) is 5.89. The zero-order chi connectivity index (χ0) is 15.6. The lowest BCUT2D eigenvalue weighted by Crippen LogP contribution is -2.45. The van der Waals surface area contributed by atoms with Crippen molar-refractivity contribution in [3.8, 4) is 0 Å². The van der Waals surface area contributed by atoms with Gasteiger partial charge in [0.05, 0.1) is 18.1 Å². The maximum absolute atomic E-state index is 11.7. The lowest BCUT2D eigenvalue weighted by molar-refractivity contribution is -0.151. The Hall–Kier alpha value is -0.650. The van der Waals surface area contributed by atoms with Gasteiger partial charge in [-0.25, -0.2) is 0 Å². The van der Waals surface area contributed by atoms with Crippen molar-refractivity contribution in [2.24, 2.45) is 5.92 Å². The zero-order valence-electron chi connectivity index (χ0n) is 13.5. The topological polar surface area (TPSA) is 67.8 Å². The summed E-state index contributed by atoms with van der Waals surface area (Å²) >= 11 is 0. The molecule has 0 radical (unpaired) electrons. The van der Waals surface area contributed by atoms with Crippen LogP contribution in [0.5, 0.6) is 0 Å². The molecule has 0 heterocycles. The number of carbonyl (C=O) groups is 1. The smallest absolute Gasteiger partial charge is 0.308 e. The quantitative estimate of drug-likeness (QED) is 0.476. The molecule has 124 valence electrons. The molecule has 1 rings (SSSR count). The molecule has 5 nitrogen and oxygen atoms in total. The van der Waals surface area contributed by atoms with Gasteiger partial charge in [-0.1, -0.05) is 6.92 Å². The lowest BCUT2D eigenvalue weighted by Gasteiger charge is -2.35. The van der Waals surface area contributed by atoms with Crippen LogP contribution in [0.3, 0.4) is 0 Å². The summed E-state index contributed by atoms with van der Waals surface area (Å²) in [6, 6.07) is 0. The fraction of sp³-hybridized carbons (Fsp3) is 0.938. The maximum Gasteiger partial charge on any atom is 0.308 e. The molecule has 2 N–H and O–H groups in total. The van der Waals surface area contributed by atoms with E-state index < -0.39 is 5.60 Å². The van der Waals surface area contributed by atoms with E-state index in [4.69, 9.17) is 9.47 Å². The summed E-state index contributed by atoms with van der Waals surface area (Å²) in [5.41, 5.74) is -0.673. The number of hydrogen-bond donors (Lipinski definition) is 2. The van der Waals surface area contributed by atoms with Gasteiger partial charge >= 0.3 is 5.97 Å². The highest BCUT2D eigenvalue weighted by Crippen LogP contribution is 2.32. The van der Waals surface area contributed by atoms with Crippen molar-refractivity contribution >= 4 is 5.97 Å². The summed E-state index contributed by atoms with van der Waals surface area (Å²) in [4.78, 5) is 11.7. The van der Waals surface area contributed by atoms with E-state index in [0.29, 0.717) is 26.0 Å². The Morgan fingerprint density at radius 3 is 2.62 bits per heavy atom. The number of nitrogens with one attached hydrogen (secondary N) is 1. The molecule has 0 unspecified atom stereocenters. The zero-order valence-corrected chi connectivity index (χ0v) is 13.5. The van der Waals surface area contributed by atoms with Gasteiger partial charge in [0, 0.05) is 19.8 Å². The van der Waals surface area contributed by atoms with Gasteiger partial charge < -0.3 is 19.9 Å². The molecular formula is C16H31NO4. The van der Waals surface area contributed by atoms with Gasteiger partial charge in [-0.3, -0.25) is 4.79 Å². The summed E-state index contributed by atoms with van der Waals surface area (Å²) in [6.07, 6.45) is 4.77. The molecule has 1 aliphatic rings. The van der Waals surface area contributed by atoms with Crippen LogP contribution in [-0.2, 0) is 14.3 Å². The number of rotatable bonds is 10. The maximum atomic E-state index is 11.7. The molecular weight excluding hydrogens is 270 g/mol. The van der Waals surface area contributed by atoms with Crippen molar-refractivity contribution in [1.29, 1.82) is 0 Å². The third-order valence-electron chi connectivity index (χ3n) is 3.98. The van der Waals surface area contributed by atoms with Gasteiger partial charge in [-0.15, -0.1) is 0 Å². The van der Waals surface area contributed by atoms with Crippen LogP contribution in [0, 0.1) is 5.92 Å². The summed E-state index contributed by atoms with van der Waals surface area (Å²) < 4.78 is 10.5. The van der Waals surface area contributed by atoms with Crippen LogP contribution < -0.4 is 5.32 Å². The minimum atomic E-state index is -0.673. The predicted octanol–water partition coefficient (Wildman–Crippen LogP) is 1.88. The average molecular weight is 301 g/mol. The van der Waals surface area contributed by atoms with E-state index in [1.54, 1.807) is 0 Å². The molecule has 21 heavy (non-hydrogen) atoms. The molecule has 0 saturated heterocycles. The van der Waals surface area contributed by atoms with E-state index >= 15 is 0 Å². The normalized spacial score (nSPS) is 25.8. The van der Waals surface area contributed by atoms with Gasteiger partial charge in [-0.05, 0) is 52.0 Å². The Kier molecular flexibility index (Phi) is 8.88. The van der Waals surface area contributed by atoms with Gasteiger partial charge in [0.1, 0.15) is 0 Å². The van der Waals surface area contributed by atoms with Crippen LogP contribution in [0.25, 0.3) is 0 Å². The van der Waals surface area contributed by atoms with Crippen LogP contribution >= 0.6 is 0 Å². The van der Waals surface area contributed by atoms with Crippen LogP contribution in [0.15, 0.2) is 0 Å². The first-order valence-electron chi connectivity index (χ1n) is 8.29. The number of ether oxygens (including phenoxy) is 2.